The Morgan fingerprint density at radius 1 is 1.11 bits per heavy atom. The summed E-state index contributed by atoms with van der Waals surface area (Å²) in [6.07, 6.45) is 2.03. The highest BCUT2D eigenvalue weighted by Crippen LogP contribution is 2.25. The monoisotopic (exact) mass is 240 g/mol. The Hall–Kier alpha value is -1.77. The first-order valence-electron chi connectivity index (χ1n) is 6.28. The van der Waals surface area contributed by atoms with Crippen LogP contribution in [0.2, 0.25) is 13.1 Å². The van der Waals surface area contributed by atoms with Gasteiger partial charge in [0.15, 0.2) is 18.3 Å². The van der Waals surface area contributed by atoms with Crippen LogP contribution in [0.4, 0.5) is 4.39 Å². The first kappa shape index (κ1) is 11.3. The summed E-state index contributed by atoms with van der Waals surface area (Å²) in [6.45, 7) is 2.49. The van der Waals surface area contributed by atoms with E-state index in [9.17, 15) is 4.39 Å². The standard InChI is InChI=1S/C15H14BFO/c1-16-9-8-11-2-5-13(6-3-11)18-15-7-4-12(16)10-14(15)17/h2-7,10H,8-9H2,1H3. The highest BCUT2D eigenvalue weighted by molar-refractivity contribution is 6.72. The molecule has 4 aliphatic heterocycles. The average Bonchev–Trinajstić information content (AvgIpc) is 2.38. The Morgan fingerprint density at radius 3 is 2.61 bits per heavy atom. The van der Waals surface area contributed by atoms with E-state index in [1.807, 2.05) is 30.3 Å². The second-order valence-electron chi connectivity index (χ2n) is 4.88. The molecule has 90 valence electrons. The van der Waals surface area contributed by atoms with E-state index in [1.54, 1.807) is 12.1 Å². The van der Waals surface area contributed by atoms with Crippen LogP contribution in [0.1, 0.15) is 5.56 Å². The quantitative estimate of drug-likeness (QED) is 0.640. The molecule has 0 fully saturated rings. The number of ether oxygens (including phenoxy) is 1. The maximum atomic E-state index is 13.9. The van der Waals surface area contributed by atoms with Crippen LogP contribution in [0, 0.1) is 5.82 Å². The summed E-state index contributed by atoms with van der Waals surface area (Å²) >= 11 is 0. The van der Waals surface area contributed by atoms with Gasteiger partial charge in [-0.3, -0.25) is 0 Å². The van der Waals surface area contributed by atoms with E-state index in [0.29, 0.717) is 18.2 Å². The smallest absolute Gasteiger partial charge is 0.173 e. The van der Waals surface area contributed by atoms with Gasteiger partial charge in [0.2, 0.25) is 0 Å². The van der Waals surface area contributed by atoms with Crippen LogP contribution in [0.5, 0.6) is 11.5 Å². The number of hydrogen-bond donors (Lipinski definition) is 0. The minimum Gasteiger partial charge on any atom is -0.454 e. The second-order valence-corrected chi connectivity index (χ2v) is 4.88. The summed E-state index contributed by atoms with van der Waals surface area (Å²) in [5.74, 6) is 0.683. The van der Waals surface area contributed by atoms with Crippen molar-refractivity contribution < 1.29 is 9.13 Å². The molecule has 0 unspecified atom stereocenters. The van der Waals surface area contributed by atoms with Gasteiger partial charge in [-0.15, -0.1) is 0 Å². The molecule has 0 N–H and O–H groups in total. The lowest BCUT2D eigenvalue weighted by Gasteiger charge is -2.14. The van der Waals surface area contributed by atoms with Crippen molar-refractivity contribution in [2.24, 2.45) is 0 Å². The van der Waals surface area contributed by atoms with E-state index < -0.39 is 0 Å². The molecular formula is C15H14BFO. The lowest BCUT2D eigenvalue weighted by Crippen LogP contribution is -2.27. The molecule has 4 bridgehead atoms. The third kappa shape index (κ3) is 2.13. The van der Waals surface area contributed by atoms with Crippen LogP contribution in [0.25, 0.3) is 0 Å². The van der Waals surface area contributed by atoms with Crippen LogP contribution in [0.3, 0.4) is 0 Å². The average molecular weight is 240 g/mol. The zero-order valence-electron chi connectivity index (χ0n) is 10.3. The third-order valence-corrected chi connectivity index (χ3v) is 3.54. The van der Waals surface area contributed by atoms with Gasteiger partial charge in [0.25, 0.3) is 0 Å². The maximum absolute atomic E-state index is 13.9. The largest absolute Gasteiger partial charge is 0.454 e. The molecule has 4 aliphatic rings. The van der Waals surface area contributed by atoms with Crippen molar-refractivity contribution in [1.82, 2.24) is 0 Å². The molecular weight excluding hydrogens is 226 g/mol. The topological polar surface area (TPSA) is 9.23 Å². The Morgan fingerprint density at radius 2 is 1.89 bits per heavy atom. The van der Waals surface area contributed by atoms with Gasteiger partial charge < -0.3 is 4.74 Å². The van der Waals surface area contributed by atoms with Crippen molar-refractivity contribution in [3.8, 4) is 11.5 Å². The molecule has 0 atom stereocenters. The summed E-state index contributed by atoms with van der Waals surface area (Å²) in [4.78, 5) is 0. The minimum absolute atomic E-state index is 0.288. The lowest BCUT2D eigenvalue weighted by molar-refractivity contribution is 0.442. The SMILES string of the molecule is CB1CCc2ccc(cc2)Oc2ccc1cc2F. The Balaban J connectivity index is 2.09. The third-order valence-electron chi connectivity index (χ3n) is 3.54. The molecule has 3 heteroatoms. The number of rotatable bonds is 0. The van der Waals surface area contributed by atoms with Crippen molar-refractivity contribution in [1.29, 1.82) is 0 Å². The molecule has 18 heavy (non-hydrogen) atoms. The summed E-state index contributed by atoms with van der Waals surface area (Å²) in [7, 11) is 0. The fourth-order valence-electron chi connectivity index (χ4n) is 2.31. The summed E-state index contributed by atoms with van der Waals surface area (Å²) < 4.78 is 19.5. The number of benzene rings is 2. The Labute approximate surface area is 107 Å². The molecule has 0 radical (unpaired) electrons. The first-order chi connectivity index (χ1) is 8.72. The normalized spacial score (nSPS) is 14.0. The Kier molecular flexibility index (Phi) is 2.82. The van der Waals surface area contributed by atoms with Crippen LogP contribution in [-0.4, -0.2) is 6.71 Å². The molecule has 2 aromatic rings. The van der Waals surface area contributed by atoms with E-state index >= 15 is 0 Å². The predicted octanol–water partition coefficient (Wildman–Crippen LogP) is 3.51. The molecule has 2 aromatic carbocycles. The van der Waals surface area contributed by atoms with Crippen LogP contribution >= 0.6 is 0 Å². The van der Waals surface area contributed by atoms with Gasteiger partial charge in [0, 0.05) is 0 Å². The minimum atomic E-state index is -0.288. The highest BCUT2D eigenvalue weighted by atomic mass is 19.1. The first-order valence-corrected chi connectivity index (χ1v) is 6.28. The van der Waals surface area contributed by atoms with Crippen LogP contribution in [-0.2, 0) is 6.42 Å². The summed E-state index contributed by atoms with van der Waals surface area (Å²) in [5.41, 5.74) is 2.33. The molecule has 0 aliphatic carbocycles. The molecule has 4 heterocycles. The fourth-order valence-corrected chi connectivity index (χ4v) is 2.31. The van der Waals surface area contributed by atoms with Crippen molar-refractivity contribution in [3.63, 3.8) is 0 Å². The molecule has 0 saturated carbocycles. The van der Waals surface area contributed by atoms with Gasteiger partial charge in [0.05, 0.1) is 0 Å². The molecule has 0 saturated heterocycles. The fraction of sp³-hybridized carbons (Fsp3) is 0.200. The highest BCUT2D eigenvalue weighted by Gasteiger charge is 2.15. The van der Waals surface area contributed by atoms with Gasteiger partial charge in [0.1, 0.15) is 5.75 Å². The van der Waals surface area contributed by atoms with Gasteiger partial charge in [-0.05, 0) is 36.2 Å². The summed E-state index contributed by atoms with van der Waals surface area (Å²) in [5, 5.41) is 0. The van der Waals surface area contributed by atoms with Gasteiger partial charge >= 0.3 is 0 Å². The van der Waals surface area contributed by atoms with E-state index in [4.69, 9.17) is 4.74 Å². The van der Waals surface area contributed by atoms with Gasteiger partial charge in [-0.2, -0.15) is 0 Å². The van der Waals surface area contributed by atoms with Gasteiger partial charge in [-0.1, -0.05) is 36.8 Å². The molecule has 0 aromatic heterocycles. The van der Waals surface area contributed by atoms with Crippen molar-refractivity contribution in [2.45, 2.75) is 19.6 Å². The second kappa shape index (κ2) is 4.49. The van der Waals surface area contributed by atoms with Crippen LogP contribution in [0.15, 0.2) is 42.5 Å². The molecule has 6 rings (SSSR count). The molecule has 0 amide bonds. The zero-order chi connectivity index (χ0) is 12.5. The summed E-state index contributed by atoms with van der Waals surface area (Å²) in [6, 6.07) is 13.2. The van der Waals surface area contributed by atoms with Crippen LogP contribution < -0.4 is 10.2 Å². The van der Waals surface area contributed by atoms with E-state index in [-0.39, 0.29) is 5.82 Å². The van der Waals surface area contributed by atoms with Crippen molar-refractivity contribution in [2.75, 3.05) is 0 Å². The number of aryl methyl sites for hydroxylation is 1. The number of hydrogen-bond acceptors (Lipinski definition) is 1. The maximum Gasteiger partial charge on any atom is 0.173 e. The lowest BCUT2D eigenvalue weighted by atomic mass is 9.44. The number of halogens is 1. The van der Waals surface area contributed by atoms with E-state index in [1.165, 1.54) is 5.56 Å². The zero-order valence-corrected chi connectivity index (χ0v) is 10.3. The molecule has 1 nitrogen and oxygen atoms in total. The predicted molar refractivity (Wildman–Crippen MR) is 72.7 cm³/mol. The van der Waals surface area contributed by atoms with E-state index in [0.717, 1.165) is 18.2 Å². The van der Waals surface area contributed by atoms with Gasteiger partial charge in [-0.25, -0.2) is 4.39 Å². The van der Waals surface area contributed by atoms with E-state index in [2.05, 4.69) is 6.82 Å². The Bertz CT molecular complexity index is 565. The van der Waals surface area contributed by atoms with Crippen molar-refractivity contribution in [3.05, 3.63) is 53.8 Å². The molecule has 0 spiro atoms. The van der Waals surface area contributed by atoms with Crippen molar-refractivity contribution >= 4 is 12.2 Å².